The van der Waals surface area contributed by atoms with E-state index in [-0.39, 0.29) is 0 Å². The van der Waals surface area contributed by atoms with Crippen LogP contribution in [0.5, 0.6) is 0 Å². The topological polar surface area (TPSA) is 192 Å². The molecular weight excluding hydrogens is 254 g/mol. The van der Waals surface area contributed by atoms with Crippen LogP contribution in [0.1, 0.15) is 12.8 Å². The highest BCUT2D eigenvalue weighted by Crippen LogP contribution is 1.86. The lowest BCUT2D eigenvalue weighted by Crippen LogP contribution is -2.32. The van der Waals surface area contributed by atoms with E-state index < -0.39 is 48.5 Å². The molecule has 0 aromatic carbocycles. The van der Waals surface area contributed by atoms with Gasteiger partial charge in [0.2, 0.25) is 0 Å². The smallest absolute Gasteiger partial charge is 0.372 e. The molecule has 6 N–H and O–H groups in total. The summed E-state index contributed by atoms with van der Waals surface area (Å²) in [6, 6.07) is -1.29. The van der Waals surface area contributed by atoms with Crippen LogP contribution in [-0.2, 0) is 24.0 Å². The number of Topliss-reactive ketones (excluding diaryl/α,β-unsaturated/α-hetero) is 1. The predicted molar refractivity (Wildman–Crippen MR) is 52.8 cm³/mol. The van der Waals surface area contributed by atoms with Gasteiger partial charge in [0.15, 0.2) is 0 Å². The molecule has 0 fully saturated rings. The molecule has 0 aliphatic rings. The SMILES string of the molecule is N[C@@H](CC(=O)O)C(=O)O.O=C(O)CC(=O)C(=O)O. The minimum atomic E-state index is -1.71. The van der Waals surface area contributed by atoms with Gasteiger partial charge in [0.25, 0.3) is 5.78 Å². The van der Waals surface area contributed by atoms with E-state index in [9.17, 15) is 24.0 Å². The predicted octanol–water partition coefficient (Wildman–Crippen LogP) is -2.01. The highest BCUT2D eigenvalue weighted by Gasteiger charge is 2.15. The van der Waals surface area contributed by atoms with Gasteiger partial charge in [-0.2, -0.15) is 0 Å². The van der Waals surface area contributed by atoms with Gasteiger partial charge in [-0.1, -0.05) is 0 Å². The lowest BCUT2D eigenvalue weighted by atomic mass is 10.2. The van der Waals surface area contributed by atoms with Crippen LogP contribution in [0, 0.1) is 0 Å². The number of carboxylic acid groups (broad SMARTS) is 4. The van der Waals surface area contributed by atoms with E-state index in [4.69, 9.17) is 26.2 Å². The van der Waals surface area contributed by atoms with Crippen molar-refractivity contribution in [2.24, 2.45) is 5.73 Å². The standard InChI is InChI=1S/C4H7NO4.C4H4O5/c2*5-2(4(8)9)1-3(6)7/h2H,1,5H2,(H,6,7)(H,8,9);1H2,(H,6,7)(H,8,9)/t2-;/m0./s1. The van der Waals surface area contributed by atoms with E-state index >= 15 is 0 Å². The van der Waals surface area contributed by atoms with Gasteiger partial charge in [-0.3, -0.25) is 19.2 Å². The Bertz CT molecular complexity index is 362. The van der Waals surface area contributed by atoms with Gasteiger partial charge < -0.3 is 26.2 Å². The molecule has 10 nitrogen and oxygen atoms in total. The third-order valence-electron chi connectivity index (χ3n) is 1.26. The first-order valence-electron chi connectivity index (χ1n) is 4.26. The second-order valence-corrected chi connectivity index (χ2v) is 2.84. The maximum Gasteiger partial charge on any atom is 0.372 e. The Labute approximate surface area is 99.6 Å². The normalized spacial score (nSPS) is 10.5. The third-order valence-corrected chi connectivity index (χ3v) is 1.26. The molecule has 0 radical (unpaired) electrons. The maximum atomic E-state index is 9.97. The summed E-state index contributed by atoms with van der Waals surface area (Å²) in [6.07, 6.45) is -1.48. The fourth-order valence-electron chi connectivity index (χ4n) is 0.488. The van der Waals surface area contributed by atoms with E-state index in [2.05, 4.69) is 0 Å². The van der Waals surface area contributed by atoms with Crippen molar-refractivity contribution >= 4 is 29.7 Å². The zero-order valence-electron chi connectivity index (χ0n) is 8.90. The van der Waals surface area contributed by atoms with E-state index in [1.165, 1.54) is 0 Å². The fourth-order valence-corrected chi connectivity index (χ4v) is 0.488. The number of hydrogen-bond donors (Lipinski definition) is 5. The van der Waals surface area contributed by atoms with Crippen LogP contribution >= 0.6 is 0 Å². The number of hydrogen-bond acceptors (Lipinski definition) is 6. The van der Waals surface area contributed by atoms with Gasteiger partial charge in [-0.15, -0.1) is 0 Å². The maximum absolute atomic E-state index is 9.97. The largest absolute Gasteiger partial charge is 0.481 e. The van der Waals surface area contributed by atoms with Crippen molar-refractivity contribution in [3.05, 3.63) is 0 Å². The van der Waals surface area contributed by atoms with Gasteiger partial charge in [-0.25, -0.2) is 4.79 Å². The lowest BCUT2D eigenvalue weighted by Gasteiger charge is -1.99. The van der Waals surface area contributed by atoms with Crippen LogP contribution in [0.25, 0.3) is 0 Å². The van der Waals surface area contributed by atoms with Crippen LogP contribution in [-0.4, -0.2) is 56.1 Å². The van der Waals surface area contributed by atoms with Gasteiger partial charge in [0, 0.05) is 0 Å². The molecule has 0 spiro atoms. The Morgan fingerprint density at radius 3 is 1.44 bits per heavy atom. The van der Waals surface area contributed by atoms with Crippen molar-refractivity contribution in [2.75, 3.05) is 0 Å². The summed E-state index contributed by atoms with van der Waals surface area (Å²) < 4.78 is 0. The lowest BCUT2D eigenvalue weighted by molar-refractivity contribution is -0.152. The molecule has 0 rings (SSSR count). The van der Waals surface area contributed by atoms with E-state index in [0.717, 1.165) is 0 Å². The molecule has 0 aliphatic carbocycles. The van der Waals surface area contributed by atoms with E-state index in [1.54, 1.807) is 0 Å². The highest BCUT2D eigenvalue weighted by molar-refractivity contribution is 6.35. The fraction of sp³-hybridized carbons (Fsp3) is 0.375. The van der Waals surface area contributed by atoms with Crippen LogP contribution in [0.2, 0.25) is 0 Å². The Morgan fingerprint density at radius 1 is 0.889 bits per heavy atom. The second-order valence-electron chi connectivity index (χ2n) is 2.84. The number of carboxylic acids is 4. The Balaban J connectivity index is 0. The van der Waals surface area contributed by atoms with Crippen LogP contribution in [0.15, 0.2) is 0 Å². The summed E-state index contributed by atoms with van der Waals surface area (Å²) in [5, 5.41) is 31.7. The number of ketones is 1. The summed E-state index contributed by atoms with van der Waals surface area (Å²) in [6.45, 7) is 0. The van der Waals surface area contributed by atoms with Crippen molar-refractivity contribution in [3.8, 4) is 0 Å². The molecule has 0 aromatic rings. The summed E-state index contributed by atoms with van der Waals surface area (Å²) >= 11 is 0. The molecule has 0 saturated heterocycles. The monoisotopic (exact) mass is 265 g/mol. The number of rotatable bonds is 6. The van der Waals surface area contributed by atoms with Gasteiger partial charge >= 0.3 is 23.9 Å². The first-order valence-corrected chi connectivity index (χ1v) is 4.26. The third kappa shape index (κ3) is 11.6. The molecule has 0 aliphatic heterocycles. The first-order chi connectivity index (χ1) is 8.07. The van der Waals surface area contributed by atoms with Crippen molar-refractivity contribution < 1.29 is 44.4 Å². The van der Waals surface area contributed by atoms with Crippen LogP contribution < -0.4 is 5.73 Å². The highest BCUT2D eigenvalue weighted by atomic mass is 16.4. The number of nitrogens with two attached hydrogens (primary N) is 1. The first kappa shape index (κ1) is 17.9. The molecule has 0 amide bonds. The zero-order valence-corrected chi connectivity index (χ0v) is 8.90. The average Bonchev–Trinajstić information content (AvgIpc) is 2.16. The second kappa shape index (κ2) is 8.64. The number of aliphatic carboxylic acids is 4. The van der Waals surface area contributed by atoms with E-state index in [1.807, 2.05) is 0 Å². The molecular formula is C8H11NO9. The summed E-state index contributed by atoms with van der Waals surface area (Å²) in [5.41, 5.74) is 4.84. The quantitative estimate of drug-likeness (QED) is 0.264. The summed E-state index contributed by atoms with van der Waals surface area (Å²) in [7, 11) is 0. The van der Waals surface area contributed by atoms with Crippen molar-refractivity contribution in [1.29, 1.82) is 0 Å². The van der Waals surface area contributed by atoms with Crippen molar-refractivity contribution in [1.82, 2.24) is 0 Å². The number of carbonyl (C=O) groups is 5. The van der Waals surface area contributed by atoms with Gasteiger partial charge in [0.1, 0.15) is 12.5 Å². The molecule has 0 saturated carbocycles. The van der Waals surface area contributed by atoms with Crippen LogP contribution in [0.4, 0.5) is 0 Å². The zero-order chi connectivity index (χ0) is 14.9. The Kier molecular flexibility index (Phi) is 8.59. The number of carbonyl (C=O) groups excluding carboxylic acids is 1. The molecule has 0 bridgehead atoms. The van der Waals surface area contributed by atoms with E-state index in [0.29, 0.717) is 0 Å². The molecule has 0 heterocycles. The van der Waals surface area contributed by atoms with Crippen molar-refractivity contribution in [3.63, 3.8) is 0 Å². The molecule has 1 atom stereocenters. The molecule has 0 aromatic heterocycles. The summed E-state index contributed by atoms with van der Waals surface area (Å²) in [5.74, 6) is -6.94. The van der Waals surface area contributed by atoms with Crippen LogP contribution in [0.3, 0.4) is 0 Å². The molecule has 0 unspecified atom stereocenters. The van der Waals surface area contributed by atoms with Crippen molar-refractivity contribution in [2.45, 2.75) is 18.9 Å². The minimum Gasteiger partial charge on any atom is -0.481 e. The Morgan fingerprint density at radius 2 is 1.33 bits per heavy atom. The average molecular weight is 265 g/mol. The molecule has 102 valence electrons. The Hall–Kier alpha value is -2.49. The summed E-state index contributed by atoms with van der Waals surface area (Å²) in [4.78, 5) is 48.8. The minimum absolute atomic E-state index is 0.532. The van der Waals surface area contributed by atoms with Gasteiger partial charge in [0.05, 0.1) is 6.42 Å². The molecule has 10 heteroatoms. The van der Waals surface area contributed by atoms with Gasteiger partial charge in [-0.05, 0) is 0 Å². The molecule has 18 heavy (non-hydrogen) atoms.